The smallest absolute Gasteiger partial charge is 0.118 e. The summed E-state index contributed by atoms with van der Waals surface area (Å²) in [6.07, 6.45) is 0.812. The molecule has 15 heavy (non-hydrogen) atoms. The molecule has 0 bridgehead atoms. The average Bonchev–Trinajstić information content (AvgIpc) is 2.93. The molecule has 82 valence electrons. The number of benzene rings is 1. The Labute approximate surface area is 90.3 Å². The number of aliphatic hydroxyl groups is 1. The van der Waals surface area contributed by atoms with Gasteiger partial charge < -0.3 is 14.7 Å². The lowest BCUT2D eigenvalue weighted by Gasteiger charge is -2.15. The van der Waals surface area contributed by atoms with E-state index in [9.17, 15) is 5.11 Å². The van der Waals surface area contributed by atoms with Crippen LogP contribution in [0.1, 0.15) is 12.0 Å². The van der Waals surface area contributed by atoms with Crippen molar-refractivity contribution in [2.75, 3.05) is 21.2 Å². The number of hydrogen-bond donors (Lipinski definition) is 1. The fraction of sp³-hybridized carbons (Fsp3) is 0.500. The van der Waals surface area contributed by atoms with Gasteiger partial charge in [0.25, 0.3) is 0 Å². The van der Waals surface area contributed by atoms with Crippen LogP contribution in [0.3, 0.4) is 0 Å². The quantitative estimate of drug-likeness (QED) is 0.809. The van der Waals surface area contributed by atoms with Crippen LogP contribution in [0, 0.1) is 0 Å². The first-order valence-electron chi connectivity index (χ1n) is 5.11. The van der Waals surface area contributed by atoms with Gasteiger partial charge in [-0.25, -0.2) is 0 Å². The van der Waals surface area contributed by atoms with E-state index in [4.69, 9.17) is 4.74 Å². The lowest BCUT2D eigenvalue weighted by atomic mass is 10.1. The molecule has 3 heteroatoms. The molecule has 0 heterocycles. The summed E-state index contributed by atoms with van der Waals surface area (Å²) in [5.74, 6) is 0.824. The molecule has 1 aliphatic carbocycles. The summed E-state index contributed by atoms with van der Waals surface area (Å²) < 4.78 is 5.08. The zero-order valence-corrected chi connectivity index (χ0v) is 9.40. The van der Waals surface area contributed by atoms with Gasteiger partial charge in [-0.15, -0.1) is 0 Å². The van der Waals surface area contributed by atoms with Crippen molar-refractivity contribution < 1.29 is 9.84 Å². The molecular formula is C12H17NO2. The first kappa shape index (κ1) is 10.5. The van der Waals surface area contributed by atoms with Crippen molar-refractivity contribution in [3.05, 3.63) is 29.8 Å². The van der Waals surface area contributed by atoms with Crippen LogP contribution in [-0.2, 0) is 5.60 Å². The van der Waals surface area contributed by atoms with Crippen molar-refractivity contribution in [3.63, 3.8) is 0 Å². The number of nitrogens with zero attached hydrogens (tertiary/aromatic N) is 1. The molecule has 2 unspecified atom stereocenters. The normalized spacial score (nSPS) is 29.3. The van der Waals surface area contributed by atoms with Crippen molar-refractivity contribution in [2.45, 2.75) is 18.1 Å². The maximum Gasteiger partial charge on any atom is 0.118 e. The highest BCUT2D eigenvalue weighted by atomic mass is 16.5. The molecule has 2 rings (SSSR count). The molecule has 1 saturated carbocycles. The second-order valence-electron chi connectivity index (χ2n) is 4.34. The van der Waals surface area contributed by atoms with Crippen LogP contribution in [0.25, 0.3) is 0 Å². The molecule has 0 saturated heterocycles. The van der Waals surface area contributed by atoms with Gasteiger partial charge >= 0.3 is 0 Å². The summed E-state index contributed by atoms with van der Waals surface area (Å²) in [6, 6.07) is 7.88. The Hall–Kier alpha value is -1.06. The van der Waals surface area contributed by atoms with Crippen molar-refractivity contribution in [1.29, 1.82) is 0 Å². The van der Waals surface area contributed by atoms with E-state index in [2.05, 4.69) is 4.90 Å². The predicted octanol–water partition coefficient (Wildman–Crippen LogP) is 1.22. The highest BCUT2D eigenvalue weighted by Crippen LogP contribution is 2.48. The van der Waals surface area contributed by atoms with Gasteiger partial charge in [0.1, 0.15) is 11.4 Å². The van der Waals surface area contributed by atoms with E-state index in [1.807, 2.05) is 38.4 Å². The third-order valence-electron chi connectivity index (χ3n) is 3.11. The molecule has 1 aromatic rings. The zero-order valence-electron chi connectivity index (χ0n) is 9.40. The summed E-state index contributed by atoms with van der Waals surface area (Å²) in [4.78, 5) is 2.06. The van der Waals surface area contributed by atoms with Gasteiger partial charge in [-0.05, 0) is 31.8 Å². The molecule has 0 spiro atoms. The minimum absolute atomic E-state index is 0.242. The Bertz CT molecular complexity index is 347. The van der Waals surface area contributed by atoms with E-state index >= 15 is 0 Å². The van der Waals surface area contributed by atoms with Crippen LogP contribution in [0.4, 0.5) is 0 Å². The number of ether oxygens (including phenoxy) is 1. The van der Waals surface area contributed by atoms with Crippen LogP contribution < -0.4 is 4.74 Å². The topological polar surface area (TPSA) is 32.7 Å². The number of rotatable bonds is 3. The van der Waals surface area contributed by atoms with E-state index < -0.39 is 5.60 Å². The van der Waals surface area contributed by atoms with E-state index in [1.54, 1.807) is 7.11 Å². The lowest BCUT2D eigenvalue weighted by molar-refractivity contribution is 0.116. The molecule has 3 nitrogen and oxygen atoms in total. The standard InChI is InChI=1S/C12H17NO2/c1-13(2)11-8-12(11,14)9-4-6-10(15-3)7-5-9/h4-7,11,14H,8H2,1-3H3. The average molecular weight is 207 g/mol. The lowest BCUT2D eigenvalue weighted by Crippen LogP contribution is -2.24. The van der Waals surface area contributed by atoms with Gasteiger partial charge in [0.15, 0.2) is 0 Å². The third kappa shape index (κ3) is 1.73. The minimum atomic E-state index is -0.657. The molecule has 2 atom stereocenters. The molecule has 0 amide bonds. The SMILES string of the molecule is COc1ccc(C2(O)CC2N(C)C)cc1. The fourth-order valence-electron chi connectivity index (χ4n) is 2.04. The van der Waals surface area contributed by atoms with Gasteiger partial charge in [0.2, 0.25) is 0 Å². The van der Waals surface area contributed by atoms with Crippen molar-refractivity contribution in [3.8, 4) is 5.75 Å². The van der Waals surface area contributed by atoms with Crippen molar-refractivity contribution >= 4 is 0 Å². The number of likely N-dealkylation sites (N-methyl/N-ethyl adjacent to an activating group) is 1. The molecule has 1 fully saturated rings. The van der Waals surface area contributed by atoms with Crippen LogP contribution in [0.2, 0.25) is 0 Å². The maximum absolute atomic E-state index is 10.3. The second-order valence-corrected chi connectivity index (χ2v) is 4.34. The van der Waals surface area contributed by atoms with E-state index in [0.29, 0.717) is 0 Å². The third-order valence-corrected chi connectivity index (χ3v) is 3.11. The number of methoxy groups -OCH3 is 1. The Morgan fingerprint density at radius 1 is 1.33 bits per heavy atom. The van der Waals surface area contributed by atoms with E-state index in [1.165, 1.54) is 0 Å². The van der Waals surface area contributed by atoms with E-state index in [0.717, 1.165) is 17.7 Å². The van der Waals surface area contributed by atoms with E-state index in [-0.39, 0.29) is 6.04 Å². The Morgan fingerprint density at radius 3 is 2.33 bits per heavy atom. The second kappa shape index (κ2) is 3.51. The summed E-state index contributed by atoms with van der Waals surface area (Å²) in [7, 11) is 5.63. The van der Waals surface area contributed by atoms with Crippen molar-refractivity contribution in [1.82, 2.24) is 4.90 Å². The van der Waals surface area contributed by atoms with Gasteiger partial charge in [-0.3, -0.25) is 0 Å². The Kier molecular flexibility index (Phi) is 2.44. The molecule has 1 N–H and O–H groups in total. The summed E-state index contributed by atoms with van der Waals surface area (Å²) in [5.41, 5.74) is 0.317. The minimum Gasteiger partial charge on any atom is -0.497 e. The van der Waals surface area contributed by atoms with Crippen LogP contribution in [-0.4, -0.2) is 37.3 Å². The molecular weight excluding hydrogens is 190 g/mol. The maximum atomic E-state index is 10.3. The van der Waals surface area contributed by atoms with Gasteiger partial charge in [-0.1, -0.05) is 12.1 Å². The largest absolute Gasteiger partial charge is 0.497 e. The van der Waals surface area contributed by atoms with Crippen molar-refractivity contribution in [2.24, 2.45) is 0 Å². The Balaban J connectivity index is 2.17. The predicted molar refractivity (Wildman–Crippen MR) is 59.0 cm³/mol. The summed E-state index contributed by atoms with van der Waals surface area (Å²) in [6.45, 7) is 0. The molecule has 1 aromatic carbocycles. The van der Waals surface area contributed by atoms with Gasteiger partial charge in [0, 0.05) is 12.5 Å². The highest BCUT2D eigenvalue weighted by Gasteiger charge is 2.55. The van der Waals surface area contributed by atoms with Crippen LogP contribution >= 0.6 is 0 Å². The highest BCUT2D eigenvalue weighted by molar-refractivity contribution is 5.36. The zero-order chi connectivity index (χ0) is 11.1. The first-order chi connectivity index (χ1) is 7.08. The molecule has 0 radical (unpaired) electrons. The fourth-order valence-corrected chi connectivity index (χ4v) is 2.04. The van der Waals surface area contributed by atoms with Gasteiger partial charge in [-0.2, -0.15) is 0 Å². The summed E-state index contributed by atoms with van der Waals surface area (Å²) >= 11 is 0. The van der Waals surface area contributed by atoms with Crippen LogP contribution in [0.5, 0.6) is 5.75 Å². The summed E-state index contributed by atoms with van der Waals surface area (Å²) in [5, 5.41) is 10.3. The number of hydrogen-bond acceptors (Lipinski definition) is 3. The molecule has 0 aliphatic heterocycles. The molecule has 1 aliphatic rings. The molecule has 0 aromatic heterocycles. The first-order valence-corrected chi connectivity index (χ1v) is 5.11. The Morgan fingerprint density at radius 2 is 1.93 bits per heavy atom. The van der Waals surface area contributed by atoms with Gasteiger partial charge in [0.05, 0.1) is 7.11 Å². The van der Waals surface area contributed by atoms with Crippen LogP contribution in [0.15, 0.2) is 24.3 Å². The monoisotopic (exact) mass is 207 g/mol.